The van der Waals surface area contributed by atoms with Gasteiger partial charge in [-0.15, -0.1) is 0 Å². The number of carbonyl (C=O) groups is 1. The van der Waals surface area contributed by atoms with Crippen LogP contribution in [0.1, 0.15) is 20.8 Å². The molecule has 12 heavy (non-hydrogen) atoms. The fraction of sp³-hybridized carbons (Fsp3) is 0.444. The number of carboxylic acid groups (broad SMARTS) is 1. The number of hydrogen-bond donors (Lipinski definition) is 0. The van der Waals surface area contributed by atoms with Gasteiger partial charge in [0, 0.05) is 0 Å². The molecule has 0 radical (unpaired) electrons. The molecule has 62 valence electrons. The molecule has 0 N–H and O–H groups in total. The molecule has 0 aromatic rings. The second-order valence-electron chi connectivity index (χ2n) is 2.65. The fourth-order valence-electron chi connectivity index (χ4n) is 0.730. The van der Waals surface area contributed by atoms with E-state index in [1.165, 1.54) is 6.08 Å². The first-order chi connectivity index (χ1) is 5.07. The Morgan fingerprint density at radius 1 is 1.42 bits per heavy atom. The minimum Gasteiger partial charge on any atom is -0.545 e. The molecule has 0 heterocycles. The van der Waals surface area contributed by atoms with Crippen molar-refractivity contribution >= 4 is 5.97 Å². The van der Waals surface area contributed by atoms with Crippen LogP contribution in [0.5, 0.6) is 0 Å². The van der Waals surface area contributed by atoms with Crippen LogP contribution in [0.2, 0.25) is 0 Å². The van der Waals surface area contributed by atoms with Crippen molar-refractivity contribution in [1.82, 2.24) is 0 Å². The van der Waals surface area contributed by atoms with Crippen LogP contribution in [0, 0.1) is 5.92 Å². The SMILES string of the molecule is CC=CC(=CC(C)C)C(=O)[O-].[Na+]. The summed E-state index contributed by atoms with van der Waals surface area (Å²) in [6.45, 7) is 5.62. The van der Waals surface area contributed by atoms with Gasteiger partial charge in [0.15, 0.2) is 0 Å². The van der Waals surface area contributed by atoms with Crippen LogP contribution in [0.15, 0.2) is 23.8 Å². The summed E-state index contributed by atoms with van der Waals surface area (Å²) in [5, 5.41) is 10.4. The molecule has 0 aromatic carbocycles. The van der Waals surface area contributed by atoms with Gasteiger partial charge in [-0.05, 0) is 18.4 Å². The zero-order valence-electron chi connectivity index (χ0n) is 8.13. The van der Waals surface area contributed by atoms with Gasteiger partial charge in [0.1, 0.15) is 0 Å². The van der Waals surface area contributed by atoms with Crippen LogP contribution in [-0.2, 0) is 4.79 Å². The average Bonchev–Trinajstić information content (AvgIpc) is 1.86. The Labute approximate surface area is 95.6 Å². The second-order valence-corrected chi connectivity index (χ2v) is 2.65. The van der Waals surface area contributed by atoms with Crippen molar-refractivity contribution in [3.63, 3.8) is 0 Å². The Morgan fingerprint density at radius 2 is 1.92 bits per heavy atom. The molecule has 0 saturated carbocycles. The summed E-state index contributed by atoms with van der Waals surface area (Å²) in [7, 11) is 0. The van der Waals surface area contributed by atoms with Crippen molar-refractivity contribution in [1.29, 1.82) is 0 Å². The van der Waals surface area contributed by atoms with Crippen molar-refractivity contribution in [3.05, 3.63) is 23.8 Å². The molecular weight excluding hydrogens is 163 g/mol. The van der Waals surface area contributed by atoms with Crippen molar-refractivity contribution in [2.75, 3.05) is 0 Å². The number of hydrogen-bond acceptors (Lipinski definition) is 2. The molecule has 0 fully saturated rings. The van der Waals surface area contributed by atoms with E-state index in [1.807, 2.05) is 13.8 Å². The standard InChI is InChI=1S/C9H14O2.Na/c1-4-5-8(9(10)11)6-7(2)3;/h4-7H,1-3H3,(H,10,11);/q;+1/p-1. The molecule has 0 unspecified atom stereocenters. The van der Waals surface area contributed by atoms with Crippen molar-refractivity contribution < 1.29 is 39.5 Å². The molecule has 0 aromatic heterocycles. The summed E-state index contributed by atoms with van der Waals surface area (Å²) < 4.78 is 0. The molecule has 0 bridgehead atoms. The number of rotatable bonds is 3. The molecule has 0 aliphatic carbocycles. The average molecular weight is 176 g/mol. The normalized spacial score (nSPS) is 11.8. The maximum atomic E-state index is 10.4. The molecule has 0 rings (SSSR count). The molecule has 0 aliphatic rings. The topological polar surface area (TPSA) is 40.1 Å². The van der Waals surface area contributed by atoms with Crippen LogP contribution in [0.3, 0.4) is 0 Å². The Balaban J connectivity index is 0. The van der Waals surface area contributed by atoms with Gasteiger partial charge in [0.2, 0.25) is 0 Å². The van der Waals surface area contributed by atoms with Crippen LogP contribution in [-0.4, -0.2) is 5.97 Å². The van der Waals surface area contributed by atoms with E-state index in [0.717, 1.165) is 0 Å². The summed E-state index contributed by atoms with van der Waals surface area (Å²) in [4.78, 5) is 10.4. The summed E-state index contributed by atoms with van der Waals surface area (Å²) in [6, 6.07) is 0. The van der Waals surface area contributed by atoms with Gasteiger partial charge in [-0.2, -0.15) is 0 Å². The summed E-state index contributed by atoms with van der Waals surface area (Å²) >= 11 is 0. The summed E-state index contributed by atoms with van der Waals surface area (Å²) in [5.74, 6) is -0.879. The van der Waals surface area contributed by atoms with Gasteiger partial charge in [-0.3, -0.25) is 0 Å². The molecule has 2 nitrogen and oxygen atoms in total. The van der Waals surface area contributed by atoms with Crippen molar-refractivity contribution in [2.24, 2.45) is 5.92 Å². The van der Waals surface area contributed by atoms with Gasteiger partial charge >= 0.3 is 29.6 Å². The minimum atomic E-state index is -1.11. The molecule has 0 atom stereocenters. The van der Waals surface area contributed by atoms with Crippen molar-refractivity contribution in [3.8, 4) is 0 Å². The quantitative estimate of drug-likeness (QED) is 0.281. The monoisotopic (exact) mass is 176 g/mol. The van der Waals surface area contributed by atoms with E-state index in [2.05, 4.69) is 0 Å². The van der Waals surface area contributed by atoms with Crippen LogP contribution >= 0.6 is 0 Å². The Morgan fingerprint density at radius 3 is 2.17 bits per heavy atom. The largest absolute Gasteiger partial charge is 1.00 e. The van der Waals surface area contributed by atoms with Gasteiger partial charge in [0.25, 0.3) is 0 Å². The van der Waals surface area contributed by atoms with E-state index in [9.17, 15) is 9.90 Å². The minimum absolute atomic E-state index is 0. The number of allylic oxidation sites excluding steroid dienone is 2. The van der Waals surface area contributed by atoms with E-state index < -0.39 is 5.97 Å². The summed E-state index contributed by atoms with van der Waals surface area (Å²) in [6.07, 6.45) is 4.88. The predicted octanol–water partition coefficient (Wildman–Crippen LogP) is -2.10. The maximum Gasteiger partial charge on any atom is 1.00 e. The molecular formula is C9H13NaO2. The zero-order chi connectivity index (χ0) is 8.85. The van der Waals surface area contributed by atoms with Crippen molar-refractivity contribution in [2.45, 2.75) is 20.8 Å². The maximum absolute atomic E-state index is 10.4. The third-order valence-electron chi connectivity index (χ3n) is 1.09. The molecule has 0 amide bonds. The van der Waals surface area contributed by atoms with Crippen LogP contribution < -0.4 is 34.7 Å². The first-order valence-corrected chi connectivity index (χ1v) is 3.63. The Hall–Kier alpha value is -0.0500. The first-order valence-electron chi connectivity index (χ1n) is 3.63. The van der Waals surface area contributed by atoms with Crippen LogP contribution in [0.25, 0.3) is 0 Å². The number of carbonyl (C=O) groups excluding carboxylic acids is 1. The van der Waals surface area contributed by atoms with E-state index in [-0.39, 0.29) is 41.0 Å². The first kappa shape index (κ1) is 14.5. The Bertz CT molecular complexity index is 193. The third-order valence-corrected chi connectivity index (χ3v) is 1.09. The molecule has 0 aliphatic heterocycles. The Kier molecular flexibility index (Phi) is 9.16. The smallest absolute Gasteiger partial charge is 0.545 e. The van der Waals surface area contributed by atoms with Gasteiger partial charge < -0.3 is 9.90 Å². The molecule has 0 spiro atoms. The second kappa shape index (κ2) is 7.59. The number of aliphatic carboxylic acids is 1. The third kappa shape index (κ3) is 6.65. The predicted molar refractivity (Wildman–Crippen MR) is 42.7 cm³/mol. The summed E-state index contributed by atoms with van der Waals surface area (Å²) in [5.41, 5.74) is 0.252. The van der Waals surface area contributed by atoms with Gasteiger partial charge in [-0.25, -0.2) is 0 Å². The van der Waals surface area contributed by atoms with E-state index >= 15 is 0 Å². The van der Waals surface area contributed by atoms with E-state index in [0.29, 0.717) is 0 Å². The number of carboxylic acids is 1. The fourth-order valence-corrected chi connectivity index (χ4v) is 0.730. The van der Waals surface area contributed by atoms with Crippen LogP contribution in [0.4, 0.5) is 0 Å². The van der Waals surface area contributed by atoms with Gasteiger partial charge in [-0.1, -0.05) is 32.1 Å². The van der Waals surface area contributed by atoms with E-state index in [4.69, 9.17) is 0 Å². The zero-order valence-corrected chi connectivity index (χ0v) is 10.1. The van der Waals surface area contributed by atoms with E-state index in [1.54, 1.807) is 19.1 Å². The molecule has 3 heteroatoms. The van der Waals surface area contributed by atoms with Gasteiger partial charge in [0.05, 0.1) is 5.97 Å². The molecule has 0 saturated heterocycles.